The highest BCUT2D eigenvalue weighted by molar-refractivity contribution is 5.73. The second-order valence-corrected chi connectivity index (χ2v) is 4.85. The van der Waals surface area contributed by atoms with Crippen LogP contribution >= 0.6 is 0 Å². The van der Waals surface area contributed by atoms with Crippen LogP contribution in [0.4, 0.5) is 0 Å². The Morgan fingerprint density at radius 1 is 1.53 bits per heavy atom. The van der Waals surface area contributed by atoms with E-state index in [-0.39, 0.29) is 0 Å². The summed E-state index contributed by atoms with van der Waals surface area (Å²) >= 11 is 0. The lowest BCUT2D eigenvalue weighted by atomic mass is 9.80. The van der Waals surface area contributed by atoms with Gasteiger partial charge in [0.25, 0.3) is 0 Å². The zero-order valence-electron chi connectivity index (χ0n) is 9.57. The summed E-state index contributed by atoms with van der Waals surface area (Å²) < 4.78 is 0. The van der Waals surface area contributed by atoms with Gasteiger partial charge >= 0.3 is 5.97 Å². The number of rotatable bonds is 4. The van der Waals surface area contributed by atoms with Gasteiger partial charge < -0.3 is 16.2 Å². The number of hydrogen-bond acceptors (Lipinski definition) is 3. The van der Waals surface area contributed by atoms with Crippen molar-refractivity contribution in [3.8, 4) is 0 Å². The highest BCUT2D eigenvalue weighted by Crippen LogP contribution is 2.28. The minimum Gasteiger partial charge on any atom is -0.480 e. The first-order valence-corrected chi connectivity index (χ1v) is 5.72. The molecular weight excluding hydrogens is 192 g/mol. The van der Waals surface area contributed by atoms with E-state index in [1.54, 1.807) is 0 Å². The smallest absolute Gasteiger partial charge is 0.321 e. The fourth-order valence-electron chi connectivity index (χ4n) is 2.33. The molecule has 15 heavy (non-hydrogen) atoms. The van der Waals surface area contributed by atoms with E-state index in [0.29, 0.717) is 18.5 Å². The molecule has 4 N–H and O–H groups in total. The van der Waals surface area contributed by atoms with E-state index < -0.39 is 12.0 Å². The predicted molar refractivity (Wildman–Crippen MR) is 59.6 cm³/mol. The van der Waals surface area contributed by atoms with Gasteiger partial charge in [-0.15, -0.1) is 0 Å². The first kappa shape index (κ1) is 12.5. The van der Waals surface area contributed by atoms with E-state index in [2.05, 4.69) is 19.2 Å². The Bertz CT molecular complexity index is 221. The van der Waals surface area contributed by atoms with Gasteiger partial charge in [-0.3, -0.25) is 4.79 Å². The minimum absolute atomic E-state index is 0.374. The number of aliphatic carboxylic acids is 1. The van der Waals surface area contributed by atoms with E-state index in [0.717, 1.165) is 12.3 Å². The van der Waals surface area contributed by atoms with Gasteiger partial charge in [0.2, 0.25) is 0 Å². The number of carboxylic acids is 1. The summed E-state index contributed by atoms with van der Waals surface area (Å²) in [4.78, 5) is 10.5. The maximum Gasteiger partial charge on any atom is 0.321 e. The van der Waals surface area contributed by atoms with Gasteiger partial charge in [0.15, 0.2) is 0 Å². The Hall–Kier alpha value is -0.610. The number of carbonyl (C=O) groups is 1. The molecule has 0 aromatic carbocycles. The number of carboxylic acid groups (broad SMARTS) is 1. The van der Waals surface area contributed by atoms with E-state index in [1.165, 1.54) is 12.8 Å². The topological polar surface area (TPSA) is 75.3 Å². The van der Waals surface area contributed by atoms with E-state index in [9.17, 15) is 4.79 Å². The average Bonchev–Trinajstić information content (AvgIpc) is 2.15. The Morgan fingerprint density at radius 2 is 2.20 bits per heavy atom. The SMILES string of the molecule is CC1CCC(NCC(N)C(=O)O)C(C)C1. The van der Waals surface area contributed by atoms with Crippen LogP contribution in [0.15, 0.2) is 0 Å². The van der Waals surface area contributed by atoms with Gasteiger partial charge in [0.05, 0.1) is 0 Å². The molecule has 4 heteroatoms. The van der Waals surface area contributed by atoms with Crippen LogP contribution in [0.2, 0.25) is 0 Å². The molecule has 0 radical (unpaired) electrons. The molecule has 0 heterocycles. The van der Waals surface area contributed by atoms with Crippen LogP contribution < -0.4 is 11.1 Å². The Balaban J connectivity index is 2.29. The van der Waals surface area contributed by atoms with Gasteiger partial charge in [0.1, 0.15) is 6.04 Å². The van der Waals surface area contributed by atoms with Gasteiger partial charge in [-0.25, -0.2) is 0 Å². The third kappa shape index (κ3) is 3.80. The summed E-state index contributed by atoms with van der Waals surface area (Å²) in [5.41, 5.74) is 5.44. The standard InChI is InChI=1S/C11H22N2O2/c1-7-3-4-10(8(2)5-7)13-6-9(12)11(14)15/h7-10,13H,3-6,12H2,1-2H3,(H,14,15). The summed E-state index contributed by atoms with van der Waals surface area (Å²) in [6, 6.07) is -0.344. The summed E-state index contributed by atoms with van der Waals surface area (Å²) in [7, 11) is 0. The zero-order valence-corrected chi connectivity index (χ0v) is 9.57. The van der Waals surface area contributed by atoms with Crippen LogP contribution in [-0.4, -0.2) is 29.7 Å². The number of hydrogen-bond donors (Lipinski definition) is 3. The van der Waals surface area contributed by atoms with Crippen molar-refractivity contribution >= 4 is 5.97 Å². The molecule has 1 aliphatic carbocycles. The predicted octanol–water partition coefficient (Wildman–Crippen LogP) is 0.813. The van der Waals surface area contributed by atoms with E-state index in [4.69, 9.17) is 10.8 Å². The Labute approximate surface area is 91.2 Å². The lowest BCUT2D eigenvalue weighted by molar-refractivity contribution is -0.138. The maximum absolute atomic E-state index is 10.5. The lowest BCUT2D eigenvalue weighted by Gasteiger charge is -2.33. The zero-order chi connectivity index (χ0) is 11.4. The first-order valence-electron chi connectivity index (χ1n) is 5.72. The monoisotopic (exact) mass is 214 g/mol. The molecule has 1 fully saturated rings. The largest absolute Gasteiger partial charge is 0.480 e. The molecule has 4 atom stereocenters. The van der Waals surface area contributed by atoms with Crippen LogP contribution in [0.25, 0.3) is 0 Å². The molecule has 1 rings (SSSR count). The van der Waals surface area contributed by atoms with E-state index >= 15 is 0 Å². The second-order valence-electron chi connectivity index (χ2n) is 4.85. The molecule has 1 aliphatic rings. The molecule has 0 amide bonds. The second kappa shape index (κ2) is 5.47. The molecular formula is C11H22N2O2. The van der Waals surface area contributed by atoms with Crippen molar-refractivity contribution in [3.63, 3.8) is 0 Å². The van der Waals surface area contributed by atoms with Crippen LogP contribution in [0.1, 0.15) is 33.1 Å². The fourth-order valence-corrected chi connectivity index (χ4v) is 2.33. The third-order valence-corrected chi connectivity index (χ3v) is 3.35. The fraction of sp³-hybridized carbons (Fsp3) is 0.909. The molecule has 0 aromatic heterocycles. The van der Waals surface area contributed by atoms with Gasteiger partial charge in [-0.05, 0) is 31.1 Å². The summed E-state index contributed by atoms with van der Waals surface area (Å²) in [5.74, 6) is 0.486. The highest BCUT2D eigenvalue weighted by Gasteiger charge is 2.25. The summed E-state index contributed by atoms with van der Waals surface area (Å²) in [5, 5.41) is 11.9. The molecule has 1 saturated carbocycles. The van der Waals surface area contributed by atoms with Crippen LogP contribution in [0, 0.1) is 11.8 Å². The van der Waals surface area contributed by atoms with Crippen molar-refractivity contribution in [2.45, 2.75) is 45.2 Å². The van der Waals surface area contributed by atoms with Gasteiger partial charge in [-0.1, -0.05) is 13.8 Å². The Kier molecular flexibility index (Phi) is 4.54. The maximum atomic E-state index is 10.5. The van der Waals surface area contributed by atoms with Crippen LogP contribution in [-0.2, 0) is 4.79 Å². The molecule has 4 nitrogen and oxygen atoms in total. The molecule has 88 valence electrons. The van der Waals surface area contributed by atoms with Crippen LogP contribution in [0.3, 0.4) is 0 Å². The number of nitrogens with one attached hydrogen (secondary N) is 1. The van der Waals surface area contributed by atoms with Crippen molar-refractivity contribution in [1.29, 1.82) is 0 Å². The summed E-state index contributed by atoms with van der Waals surface area (Å²) in [6.45, 7) is 4.87. The Morgan fingerprint density at radius 3 is 2.73 bits per heavy atom. The van der Waals surface area contributed by atoms with Crippen molar-refractivity contribution in [2.75, 3.05) is 6.54 Å². The highest BCUT2D eigenvalue weighted by atomic mass is 16.4. The quantitative estimate of drug-likeness (QED) is 0.647. The third-order valence-electron chi connectivity index (χ3n) is 3.35. The minimum atomic E-state index is -0.931. The molecule has 0 bridgehead atoms. The number of nitrogens with two attached hydrogens (primary N) is 1. The first-order chi connectivity index (χ1) is 7.00. The average molecular weight is 214 g/mol. The van der Waals surface area contributed by atoms with Gasteiger partial charge in [0, 0.05) is 12.6 Å². The van der Waals surface area contributed by atoms with E-state index in [1.807, 2.05) is 0 Å². The summed E-state index contributed by atoms with van der Waals surface area (Å²) in [6.07, 6.45) is 3.58. The van der Waals surface area contributed by atoms with Crippen molar-refractivity contribution in [1.82, 2.24) is 5.32 Å². The van der Waals surface area contributed by atoms with Gasteiger partial charge in [-0.2, -0.15) is 0 Å². The molecule has 4 unspecified atom stereocenters. The lowest BCUT2D eigenvalue weighted by Crippen LogP contribution is -2.47. The van der Waals surface area contributed by atoms with Crippen molar-refractivity contribution < 1.29 is 9.90 Å². The molecule has 0 aromatic rings. The van der Waals surface area contributed by atoms with Crippen molar-refractivity contribution in [2.24, 2.45) is 17.6 Å². The molecule has 0 saturated heterocycles. The normalized spacial score (nSPS) is 33.7. The molecule has 0 aliphatic heterocycles. The van der Waals surface area contributed by atoms with Crippen LogP contribution in [0.5, 0.6) is 0 Å². The molecule has 0 spiro atoms. The van der Waals surface area contributed by atoms with Crippen molar-refractivity contribution in [3.05, 3.63) is 0 Å².